The summed E-state index contributed by atoms with van der Waals surface area (Å²) in [6.07, 6.45) is 0.781. The highest BCUT2D eigenvalue weighted by molar-refractivity contribution is 7.87. The van der Waals surface area contributed by atoms with Crippen LogP contribution in [0.2, 0.25) is 0 Å². The Kier molecular flexibility index (Phi) is 5.51. The van der Waals surface area contributed by atoms with Crippen LogP contribution in [0.15, 0.2) is 0 Å². The topological polar surface area (TPSA) is 74.6 Å². The second kappa shape index (κ2) is 5.65. The Hall–Kier alpha value is -0.360. The minimum Gasteiger partial charge on any atom is -0.480 e. The monoisotopic (exact) mass is 252 g/mol. The molecule has 0 bridgehead atoms. The van der Waals surface area contributed by atoms with E-state index in [1.54, 1.807) is 0 Å². The number of rotatable bonds is 6. The highest BCUT2D eigenvalue weighted by Crippen LogP contribution is 2.31. The van der Waals surface area contributed by atoms with Crippen molar-refractivity contribution in [3.05, 3.63) is 0 Å². The van der Waals surface area contributed by atoms with E-state index in [2.05, 4.69) is 25.3 Å². The molecule has 6 heteroatoms. The Morgan fingerprint density at radius 1 is 1.33 bits per heavy atom. The van der Waals surface area contributed by atoms with Crippen LogP contribution in [0.25, 0.3) is 0 Å². The zero-order valence-electron chi connectivity index (χ0n) is 8.67. The van der Waals surface area contributed by atoms with Gasteiger partial charge in [-0.25, -0.2) is 0 Å². The molecule has 0 aliphatic heterocycles. The third kappa shape index (κ3) is 3.95. The van der Waals surface area contributed by atoms with E-state index in [-0.39, 0.29) is 6.42 Å². The first-order valence-electron chi connectivity index (χ1n) is 4.58. The third-order valence-corrected chi connectivity index (χ3v) is 3.70. The number of aliphatic carboxylic acids is 2. The maximum atomic E-state index is 11.0. The Bertz CT molecular complexity index is 254. The average Bonchev–Trinajstić information content (AvgIpc) is 2.12. The van der Waals surface area contributed by atoms with E-state index < -0.39 is 21.9 Å². The summed E-state index contributed by atoms with van der Waals surface area (Å²) in [6.45, 7) is 3.87. The SMILES string of the molecule is CC(C)CC[C@@](S)(C(=O)O)[C@@H](S)C(=O)O. The number of hydrogen-bond donors (Lipinski definition) is 4. The molecular weight excluding hydrogens is 236 g/mol. The molecule has 0 saturated carbocycles. The normalized spacial score (nSPS) is 17.1. The van der Waals surface area contributed by atoms with Gasteiger partial charge < -0.3 is 10.2 Å². The van der Waals surface area contributed by atoms with Crippen LogP contribution in [-0.4, -0.2) is 32.1 Å². The standard InChI is InChI=1S/C9H16O4S2/c1-5(2)3-4-9(15,8(12)13)6(14)7(10)11/h5-6,14-15H,3-4H2,1-2H3,(H,10,11)(H,12,13)/t6-,9-/m0/s1. The van der Waals surface area contributed by atoms with Crippen LogP contribution in [0, 0.1) is 5.92 Å². The number of carboxylic acid groups (broad SMARTS) is 2. The smallest absolute Gasteiger partial charge is 0.321 e. The first-order chi connectivity index (χ1) is 6.71. The first kappa shape index (κ1) is 14.6. The number of carbonyl (C=O) groups is 2. The first-order valence-corrected chi connectivity index (χ1v) is 5.54. The molecule has 0 unspecified atom stereocenters. The van der Waals surface area contributed by atoms with Gasteiger partial charge in [0.05, 0.1) is 0 Å². The predicted octanol–water partition coefficient (Wildman–Crippen LogP) is 1.56. The fourth-order valence-corrected chi connectivity index (χ4v) is 1.55. The van der Waals surface area contributed by atoms with Gasteiger partial charge in [-0.15, -0.1) is 0 Å². The highest BCUT2D eigenvalue weighted by atomic mass is 32.1. The average molecular weight is 252 g/mol. The lowest BCUT2D eigenvalue weighted by Crippen LogP contribution is -2.46. The third-order valence-electron chi connectivity index (χ3n) is 2.16. The van der Waals surface area contributed by atoms with Crippen LogP contribution in [0.4, 0.5) is 0 Å². The van der Waals surface area contributed by atoms with Crippen LogP contribution >= 0.6 is 25.3 Å². The van der Waals surface area contributed by atoms with Crippen molar-refractivity contribution < 1.29 is 19.8 Å². The highest BCUT2D eigenvalue weighted by Gasteiger charge is 2.44. The van der Waals surface area contributed by atoms with Crippen LogP contribution < -0.4 is 0 Å². The molecule has 4 nitrogen and oxygen atoms in total. The summed E-state index contributed by atoms with van der Waals surface area (Å²) in [5, 5.41) is 16.4. The molecule has 0 fully saturated rings. The number of hydrogen-bond acceptors (Lipinski definition) is 4. The summed E-state index contributed by atoms with van der Waals surface area (Å²) >= 11 is 7.76. The predicted molar refractivity (Wildman–Crippen MR) is 63.8 cm³/mol. The molecule has 0 aliphatic carbocycles. The van der Waals surface area contributed by atoms with Gasteiger partial charge in [-0.1, -0.05) is 13.8 Å². The minimum absolute atomic E-state index is 0.184. The second-order valence-corrected chi connectivity index (χ2v) is 5.22. The van der Waals surface area contributed by atoms with E-state index in [1.165, 1.54) is 0 Å². The number of carboxylic acids is 2. The van der Waals surface area contributed by atoms with Crippen molar-refractivity contribution in [3.63, 3.8) is 0 Å². The zero-order chi connectivity index (χ0) is 12.2. The molecule has 0 spiro atoms. The molecule has 0 heterocycles. The van der Waals surface area contributed by atoms with Gasteiger partial charge in [-0.05, 0) is 18.8 Å². The molecule has 0 radical (unpaired) electrons. The van der Waals surface area contributed by atoms with E-state index in [1.807, 2.05) is 13.8 Å². The Morgan fingerprint density at radius 2 is 1.80 bits per heavy atom. The van der Waals surface area contributed by atoms with Crippen molar-refractivity contribution in [3.8, 4) is 0 Å². The van der Waals surface area contributed by atoms with Crippen molar-refractivity contribution in [2.75, 3.05) is 0 Å². The van der Waals surface area contributed by atoms with Gasteiger partial charge in [0.1, 0.15) is 10.00 Å². The summed E-state index contributed by atoms with van der Waals surface area (Å²) in [5.41, 5.74) is 0. The minimum atomic E-state index is -1.61. The summed E-state index contributed by atoms with van der Waals surface area (Å²) in [5.74, 6) is -2.21. The molecule has 0 saturated heterocycles. The van der Waals surface area contributed by atoms with Crippen molar-refractivity contribution in [1.82, 2.24) is 0 Å². The van der Waals surface area contributed by atoms with Crippen LogP contribution in [0.1, 0.15) is 26.7 Å². The summed E-state index contributed by atoms with van der Waals surface area (Å²) < 4.78 is -1.61. The van der Waals surface area contributed by atoms with Crippen molar-refractivity contribution in [2.45, 2.75) is 36.7 Å². The van der Waals surface area contributed by atoms with Gasteiger partial charge in [-0.3, -0.25) is 9.59 Å². The Morgan fingerprint density at radius 3 is 2.07 bits per heavy atom. The molecule has 15 heavy (non-hydrogen) atoms. The largest absolute Gasteiger partial charge is 0.480 e. The van der Waals surface area contributed by atoms with Crippen LogP contribution in [-0.2, 0) is 9.59 Å². The molecule has 0 rings (SSSR count). The van der Waals surface area contributed by atoms with Crippen molar-refractivity contribution in [2.24, 2.45) is 5.92 Å². The number of thiol groups is 2. The fraction of sp³-hybridized carbons (Fsp3) is 0.778. The molecule has 0 amide bonds. The van der Waals surface area contributed by atoms with E-state index >= 15 is 0 Å². The van der Waals surface area contributed by atoms with Crippen molar-refractivity contribution in [1.29, 1.82) is 0 Å². The van der Waals surface area contributed by atoms with Crippen molar-refractivity contribution >= 4 is 37.2 Å². The van der Waals surface area contributed by atoms with Gasteiger partial charge in [0.25, 0.3) is 0 Å². The summed E-state index contributed by atoms with van der Waals surface area (Å²) in [4.78, 5) is 21.7. The van der Waals surface area contributed by atoms with Gasteiger partial charge in [0.15, 0.2) is 0 Å². The molecule has 2 atom stereocenters. The van der Waals surface area contributed by atoms with Crippen LogP contribution in [0.3, 0.4) is 0 Å². The lowest BCUT2D eigenvalue weighted by molar-refractivity contribution is -0.145. The van der Waals surface area contributed by atoms with Crippen LogP contribution in [0.5, 0.6) is 0 Å². The van der Waals surface area contributed by atoms with Gasteiger partial charge >= 0.3 is 11.9 Å². The summed E-state index contributed by atoms with van der Waals surface area (Å²) in [7, 11) is 0. The van der Waals surface area contributed by atoms with Gasteiger partial charge in [-0.2, -0.15) is 25.3 Å². The molecule has 0 aromatic rings. The maximum Gasteiger partial charge on any atom is 0.321 e. The molecule has 0 aromatic heterocycles. The molecule has 2 N–H and O–H groups in total. The van der Waals surface area contributed by atoms with Gasteiger partial charge in [0, 0.05) is 0 Å². The quantitative estimate of drug-likeness (QED) is 0.541. The maximum absolute atomic E-state index is 11.0. The molecule has 88 valence electrons. The lowest BCUT2D eigenvalue weighted by Gasteiger charge is -2.27. The van der Waals surface area contributed by atoms with E-state index in [4.69, 9.17) is 10.2 Å². The zero-order valence-corrected chi connectivity index (χ0v) is 10.5. The molecule has 0 aliphatic rings. The Labute approximate surface area is 99.9 Å². The van der Waals surface area contributed by atoms with Gasteiger partial charge in [0.2, 0.25) is 0 Å². The molecule has 0 aromatic carbocycles. The fourth-order valence-electron chi connectivity index (χ4n) is 1.07. The second-order valence-electron chi connectivity index (χ2n) is 3.90. The van der Waals surface area contributed by atoms with E-state index in [0.29, 0.717) is 12.3 Å². The Balaban J connectivity index is 4.74. The molecular formula is C9H16O4S2. The van der Waals surface area contributed by atoms with E-state index in [0.717, 1.165) is 0 Å². The lowest BCUT2D eigenvalue weighted by atomic mass is 9.93. The summed E-state index contributed by atoms with van der Waals surface area (Å²) in [6, 6.07) is 0. The van der Waals surface area contributed by atoms with E-state index in [9.17, 15) is 9.59 Å².